The van der Waals surface area contributed by atoms with Crippen molar-refractivity contribution in [2.45, 2.75) is 67.7 Å². The molecule has 2 unspecified atom stereocenters. The normalized spacial score (nSPS) is 19.3. The van der Waals surface area contributed by atoms with Crippen LogP contribution in [0.15, 0.2) is 34.9 Å². The zero-order valence-electron chi connectivity index (χ0n) is 25.2. The molecule has 0 heterocycles. The molecule has 0 amide bonds. The van der Waals surface area contributed by atoms with Gasteiger partial charge in [0.15, 0.2) is 0 Å². The molecule has 0 N–H and O–H groups in total. The van der Waals surface area contributed by atoms with Gasteiger partial charge in [-0.3, -0.25) is 0 Å². The van der Waals surface area contributed by atoms with Crippen molar-refractivity contribution in [1.29, 1.82) is 0 Å². The van der Waals surface area contributed by atoms with E-state index in [1.54, 1.807) is 27.6 Å². The summed E-state index contributed by atoms with van der Waals surface area (Å²) < 4.78 is 24.6. The molecule has 2 saturated carbocycles. The third-order valence-electron chi connectivity index (χ3n) is 6.82. The summed E-state index contributed by atoms with van der Waals surface area (Å²) in [5, 5.41) is 0. The minimum atomic E-state index is -0.349. The van der Waals surface area contributed by atoms with Crippen LogP contribution in [0.2, 0.25) is 0 Å². The number of methoxy groups -OCH3 is 3. The quantitative estimate of drug-likeness (QED) is 0.156. The van der Waals surface area contributed by atoms with Crippen LogP contribution in [0.3, 0.4) is 0 Å². The second-order valence-electron chi connectivity index (χ2n) is 9.77. The van der Waals surface area contributed by atoms with Gasteiger partial charge < -0.3 is 21.8 Å². The van der Waals surface area contributed by atoms with Crippen LogP contribution >= 0.6 is 0 Å². The molecular formula is C28H50AlNaO7. The van der Waals surface area contributed by atoms with Gasteiger partial charge in [-0.2, -0.15) is 9.59 Å². The van der Waals surface area contributed by atoms with Gasteiger partial charge in [0.2, 0.25) is 0 Å². The van der Waals surface area contributed by atoms with Crippen LogP contribution in [-0.4, -0.2) is 99.4 Å². The number of hydrogen-bond acceptors (Lipinski definition) is 7. The molecule has 2 rings (SSSR count). The van der Waals surface area contributed by atoms with Crippen LogP contribution in [0.4, 0.5) is 0 Å². The Morgan fingerprint density at radius 1 is 0.865 bits per heavy atom. The summed E-state index contributed by atoms with van der Waals surface area (Å²) in [7, 11) is 4.94. The second kappa shape index (κ2) is 24.6. The van der Waals surface area contributed by atoms with E-state index in [0.717, 1.165) is 18.3 Å². The van der Waals surface area contributed by atoms with Crippen molar-refractivity contribution >= 4 is 51.6 Å². The third kappa shape index (κ3) is 17.7. The van der Waals surface area contributed by atoms with E-state index in [1.165, 1.54) is 24.0 Å². The summed E-state index contributed by atoms with van der Waals surface area (Å²) in [4.78, 5) is 16.2. The van der Waals surface area contributed by atoms with Crippen molar-refractivity contribution < 1.29 is 32.8 Å². The minimum absolute atomic E-state index is 0. The van der Waals surface area contributed by atoms with E-state index in [-0.39, 0.29) is 53.0 Å². The zero-order valence-corrected chi connectivity index (χ0v) is 28.3. The van der Waals surface area contributed by atoms with Crippen molar-refractivity contribution in [3.8, 4) is 0 Å². The van der Waals surface area contributed by atoms with Crippen LogP contribution in [-0.2, 0) is 31.4 Å². The molecule has 0 saturated heterocycles. The second-order valence-corrected chi connectivity index (χ2v) is 10.6. The van der Waals surface area contributed by atoms with Gasteiger partial charge in [-0.15, -0.1) is 5.73 Å². The summed E-state index contributed by atoms with van der Waals surface area (Å²) in [6.07, 6.45) is 7.57. The number of carbonyl (C=O) groups excluding carboxylic acids is 2. The molecule has 7 nitrogen and oxygen atoms in total. The zero-order chi connectivity index (χ0) is 28.0. The molecule has 2 radical (unpaired) electrons. The Kier molecular flexibility index (Phi) is 27.3. The average molecular weight is 549 g/mol. The number of rotatable bonds is 10. The fourth-order valence-electron chi connectivity index (χ4n) is 3.23. The van der Waals surface area contributed by atoms with Crippen LogP contribution < -0.4 is 0 Å². The maximum atomic E-state index is 8.12. The predicted molar refractivity (Wildman–Crippen MR) is 150 cm³/mol. The fourth-order valence-corrected chi connectivity index (χ4v) is 3.71. The van der Waals surface area contributed by atoms with Crippen molar-refractivity contribution in [2.24, 2.45) is 22.7 Å². The smallest absolute Gasteiger partial charge is 0.496 e. The monoisotopic (exact) mass is 548 g/mol. The molecule has 2 aliphatic carbocycles. The molecule has 0 aromatic rings. The van der Waals surface area contributed by atoms with Gasteiger partial charge in [0.05, 0.1) is 20.3 Å². The standard InChI is InChI=1S/C11H18.C10H16O.2C3H7O2.CO2.Al.Na.H2/c1-5-6-7-10-8-9(2)11(10,3)4;1-8-7-9(5-6-11-4)10(8,2)3;2*1-5-3-2-4;2-1-3;;;/h6,9H,5,8H2,1-4H3;6,8H,7H2,1-4H3;2*2-3H2,1H3;;;;1H/q;;2*-1;;+2;;. The molecular weight excluding hydrogens is 498 g/mol. The van der Waals surface area contributed by atoms with E-state index in [2.05, 4.69) is 66.0 Å². The Hall–Kier alpha value is -0.408. The van der Waals surface area contributed by atoms with Crippen LogP contribution in [0.25, 0.3) is 0 Å². The van der Waals surface area contributed by atoms with E-state index in [0.29, 0.717) is 37.3 Å². The Balaban J connectivity index is -0.000000211. The molecule has 0 bridgehead atoms. The van der Waals surface area contributed by atoms with Crippen LogP contribution in [0, 0.1) is 22.7 Å². The third-order valence-corrected chi connectivity index (χ3v) is 7.56. The average Bonchev–Trinajstić information content (AvgIpc) is 2.85. The SMILES string of the molecule is CCC=C=C1CC(C)C1(C)C.COC=C=C1CC(C)C1(C)C.COCC[O][Al][O]CCOC.O=C=O.[HH].[Na]. The Labute approximate surface area is 256 Å². The van der Waals surface area contributed by atoms with Crippen molar-refractivity contribution in [3.05, 3.63) is 34.9 Å². The number of hydrogen-bond donors (Lipinski definition) is 0. The van der Waals surface area contributed by atoms with Crippen LogP contribution in [0.1, 0.15) is 69.2 Å². The minimum Gasteiger partial charge on any atom is -0.496 e. The van der Waals surface area contributed by atoms with E-state index in [1.807, 2.05) is 0 Å². The summed E-state index contributed by atoms with van der Waals surface area (Å²) in [5.41, 5.74) is 10.2. The molecule has 9 heteroatoms. The Morgan fingerprint density at radius 2 is 1.27 bits per heavy atom. The first kappa shape index (κ1) is 41.1. The summed E-state index contributed by atoms with van der Waals surface area (Å²) in [5.74, 6) is 1.63. The van der Waals surface area contributed by atoms with Crippen molar-refractivity contribution in [3.63, 3.8) is 0 Å². The molecule has 0 spiro atoms. The van der Waals surface area contributed by atoms with E-state index >= 15 is 0 Å². The summed E-state index contributed by atoms with van der Waals surface area (Å²) in [6.45, 7) is 18.4. The first-order valence-electron chi connectivity index (χ1n) is 12.4. The van der Waals surface area contributed by atoms with Gasteiger partial charge in [-0.1, -0.05) is 54.2 Å². The summed E-state index contributed by atoms with van der Waals surface area (Å²) in [6, 6.07) is 0. The Bertz CT molecular complexity index is 696. The predicted octanol–water partition coefficient (Wildman–Crippen LogP) is 5.41. The van der Waals surface area contributed by atoms with Crippen LogP contribution in [0.5, 0.6) is 0 Å². The van der Waals surface area contributed by atoms with Crippen molar-refractivity contribution in [2.75, 3.05) is 47.8 Å². The molecule has 0 aromatic heterocycles. The van der Waals surface area contributed by atoms with Gasteiger partial charge >= 0.3 is 22.0 Å². The van der Waals surface area contributed by atoms with Gasteiger partial charge in [0.25, 0.3) is 0 Å². The van der Waals surface area contributed by atoms with Crippen molar-refractivity contribution in [1.82, 2.24) is 0 Å². The molecule has 0 aliphatic heterocycles. The van der Waals surface area contributed by atoms with E-state index in [4.69, 9.17) is 31.4 Å². The van der Waals surface area contributed by atoms with Gasteiger partial charge in [-0.05, 0) is 59.2 Å². The number of allylic oxidation sites excluding steroid dienone is 2. The molecule has 37 heavy (non-hydrogen) atoms. The molecule has 2 atom stereocenters. The van der Waals surface area contributed by atoms with E-state index in [9.17, 15) is 0 Å². The maximum Gasteiger partial charge on any atom is 0.668 e. The topological polar surface area (TPSA) is 80.3 Å². The number of ether oxygens (including phenoxy) is 3. The van der Waals surface area contributed by atoms with E-state index < -0.39 is 0 Å². The molecule has 0 aromatic carbocycles. The van der Waals surface area contributed by atoms with Gasteiger partial charge in [0.1, 0.15) is 6.26 Å². The van der Waals surface area contributed by atoms with Gasteiger partial charge in [0, 0.05) is 58.4 Å². The first-order valence-corrected chi connectivity index (χ1v) is 13.4. The fraction of sp³-hybridized carbons (Fsp3) is 0.750. The molecule has 2 fully saturated rings. The molecule has 208 valence electrons. The largest absolute Gasteiger partial charge is 0.668 e. The maximum absolute atomic E-state index is 8.12. The molecule has 2 aliphatic rings. The first-order chi connectivity index (χ1) is 17.0. The Morgan fingerprint density at radius 3 is 1.57 bits per heavy atom. The van der Waals surface area contributed by atoms with Gasteiger partial charge in [-0.25, -0.2) is 0 Å². The summed E-state index contributed by atoms with van der Waals surface area (Å²) >= 11 is -0.349.